The first-order valence-electron chi connectivity index (χ1n) is 4.51. The Morgan fingerprint density at radius 1 is 1.33 bits per heavy atom. The van der Waals surface area contributed by atoms with Gasteiger partial charge in [-0.25, -0.2) is 0 Å². The summed E-state index contributed by atoms with van der Waals surface area (Å²) in [4.78, 5) is 0. The molecule has 1 heterocycles. The average molecular weight is 162 g/mol. The van der Waals surface area contributed by atoms with Crippen molar-refractivity contribution < 1.29 is 4.74 Å². The van der Waals surface area contributed by atoms with E-state index in [9.17, 15) is 0 Å². The summed E-state index contributed by atoms with van der Waals surface area (Å²) in [5, 5.41) is 0. The summed E-state index contributed by atoms with van der Waals surface area (Å²) in [6.07, 6.45) is 13.7. The molecule has 0 aromatic rings. The lowest BCUT2D eigenvalue weighted by atomic mass is 9.99. The predicted molar refractivity (Wildman–Crippen MR) is 49.9 cm³/mol. The summed E-state index contributed by atoms with van der Waals surface area (Å²) in [7, 11) is 0. The van der Waals surface area contributed by atoms with Crippen LogP contribution in [0.4, 0.5) is 0 Å². The van der Waals surface area contributed by atoms with Gasteiger partial charge in [-0.2, -0.15) is 0 Å². The molecule has 1 aliphatic heterocycles. The zero-order valence-electron chi connectivity index (χ0n) is 7.15. The minimum atomic E-state index is 0.311. The maximum Gasteiger partial charge on any atom is 0.103 e. The van der Waals surface area contributed by atoms with Crippen LogP contribution in [0.3, 0.4) is 0 Å². The molecule has 0 aromatic carbocycles. The third-order valence-corrected chi connectivity index (χ3v) is 2.45. The van der Waals surface area contributed by atoms with E-state index >= 15 is 0 Å². The fourth-order valence-electron chi connectivity index (χ4n) is 1.67. The molecular formula is C11H14O. The van der Waals surface area contributed by atoms with E-state index in [1.54, 1.807) is 0 Å². The summed E-state index contributed by atoms with van der Waals surface area (Å²) in [6, 6.07) is 0. The van der Waals surface area contributed by atoms with Gasteiger partial charge in [-0.3, -0.25) is 0 Å². The Balaban J connectivity index is 1.95. The van der Waals surface area contributed by atoms with E-state index < -0.39 is 0 Å². The van der Waals surface area contributed by atoms with Crippen molar-refractivity contribution in [2.45, 2.75) is 25.0 Å². The Hall–Kier alpha value is -0.820. The summed E-state index contributed by atoms with van der Waals surface area (Å²) < 4.78 is 5.46. The Morgan fingerprint density at radius 2 is 2.25 bits per heavy atom. The zero-order chi connectivity index (χ0) is 8.39. The number of ether oxygens (including phenoxy) is 1. The SMILES string of the molecule is C=CC1OC1C1C=CCC=CC1. The van der Waals surface area contributed by atoms with E-state index in [4.69, 9.17) is 4.74 Å². The van der Waals surface area contributed by atoms with Gasteiger partial charge in [0.2, 0.25) is 0 Å². The zero-order valence-corrected chi connectivity index (χ0v) is 7.15. The second-order valence-corrected chi connectivity index (χ2v) is 3.34. The van der Waals surface area contributed by atoms with E-state index in [1.807, 2.05) is 6.08 Å². The van der Waals surface area contributed by atoms with Crippen molar-refractivity contribution in [3.05, 3.63) is 37.0 Å². The third-order valence-electron chi connectivity index (χ3n) is 2.45. The molecule has 12 heavy (non-hydrogen) atoms. The molecule has 0 aromatic heterocycles. The number of allylic oxidation sites excluding steroid dienone is 3. The molecule has 1 saturated heterocycles. The lowest BCUT2D eigenvalue weighted by molar-refractivity contribution is 0.350. The molecule has 1 heteroatoms. The van der Waals surface area contributed by atoms with Gasteiger partial charge in [-0.05, 0) is 12.8 Å². The maximum atomic E-state index is 5.46. The maximum absolute atomic E-state index is 5.46. The van der Waals surface area contributed by atoms with Gasteiger partial charge in [0.05, 0.1) is 6.10 Å². The van der Waals surface area contributed by atoms with Crippen LogP contribution in [0.25, 0.3) is 0 Å². The first kappa shape index (κ1) is 7.81. The van der Waals surface area contributed by atoms with Gasteiger partial charge in [-0.15, -0.1) is 6.58 Å². The Morgan fingerprint density at radius 3 is 3.00 bits per heavy atom. The fraction of sp³-hybridized carbons (Fsp3) is 0.455. The van der Waals surface area contributed by atoms with Gasteiger partial charge in [-0.1, -0.05) is 30.4 Å². The van der Waals surface area contributed by atoms with Gasteiger partial charge in [0.15, 0.2) is 0 Å². The van der Waals surface area contributed by atoms with E-state index in [0.29, 0.717) is 18.1 Å². The van der Waals surface area contributed by atoms with Crippen LogP contribution >= 0.6 is 0 Å². The van der Waals surface area contributed by atoms with Crippen LogP contribution in [-0.4, -0.2) is 12.2 Å². The quantitative estimate of drug-likeness (QED) is 0.449. The average Bonchev–Trinajstić information content (AvgIpc) is 2.89. The Bertz CT molecular complexity index is 227. The Labute approximate surface area is 73.4 Å². The number of rotatable bonds is 2. The second kappa shape index (κ2) is 3.28. The second-order valence-electron chi connectivity index (χ2n) is 3.34. The molecule has 0 N–H and O–H groups in total. The summed E-state index contributed by atoms with van der Waals surface area (Å²) in [5.41, 5.74) is 0. The third kappa shape index (κ3) is 1.51. The highest BCUT2D eigenvalue weighted by Gasteiger charge is 2.40. The molecule has 1 nitrogen and oxygen atoms in total. The van der Waals surface area contributed by atoms with Crippen molar-refractivity contribution in [2.75, 3.05) is 0 Å². The highest BCUT2D eigenvalue weighted by atomic mass is 16.6. The van der Waals surface area contributed by atoms with Gasteiger partial charge in [0, 0.05) is 5.92 Å². The van der Waals surface area contributed by atoms with Crippen molar-refractivity contribution >= 4 is 0 Å². The molecule has 64 valence electrons. The van der Waals surface area contributed by atoms with Crippen LogP contribution in [0, 0.1) is 5.92 Å². The number of hydrogen-bond acceptors (Lipinski definition) is 1. The molecule has 0 spiro atoms. The minimum absolute atomic E-state index is 0.311. The lowest BCUT2D eigenvalue weighted by Crippen LogP contribution is -2.05. The van der Waals surface area contributed by atoms with Crippen LogP contribution in [0.5, 0.6) is 0 Å². The molecule has 1 aliphatic carbocycles. The highest BCUT2D eigenvalue weighted by molar-refractivity contribution is 5.11. The molecule has 1 fully saturated rings. The monoisotopic (exact) mass is 162 g/mol. The van der Waals surface area contributed by atoms with Crippen molar-refractivity contribution in [1.82, 2.24) is 0 Å². The molecule has 2 aliphatic rings. The first-order chi connectivity index (χ1) is 5.92. The van der Waals surface area contributed by atoms with Gasteiger partial charge >= 0.3 is 0 Å². The minimum Gasteiger partial charge on any atom is -0.365 e. The Kier molecular flexibility index (Phi) is 2.13. The van der Waals surface area contributed by atoms with Crippen LogP contribution in [0.1, 0.15) is 12.8 Å². The summed E-state index contributed by atoms with van der Waals surface area (Å²) in [6.45, 7) is 3.72. The largest absolute Gasteiger partial charge is 0.365 e. The standard InChI is InChI=1S/C11H14O/c1-2-10-11(12-10)9-7-5-3-4-6-8-9/h2-3,5-6,8-11H,1,4,7H2. The van der Waals surface area contributed by atoms with E-state index in [-0.39, 0.29) is 0 Å². The lowest BCUT2D eigenvalue weighted by Gasteiger charge is -2.03. The number of epoxide rings is 1. The van der Waals surface area contributed by atoms with Crippen LogP contribution < -0.4 is 0 Å². The molecule has 0 amide bonds. The van der Waals surface area contributed by atoms with Crippen molar-refractivity contribution in [1.29, 1.82) is 0 Å². The number of hydrogen-bond donors (Lipinski definition) is 0. The smallest absolute Gasteiger partial charge is 0.103 e. The van der Waals surface area contributed by atoms with Crippen LogP contribution in [0.2, 0.25) is 0 Å². The molecule has 3 unspecified atom stereocenters. The molecule has 0 bridgehead atoms. The van der Waals surface area contributed by atoms with Gasteiger partial charge < -0.3 is 4.74 Å². The fourth-order valence-corrected chi connectivity index (χ4v) is 1.67. The first-order valence-corrected chi connectivity index (χ1v) is 4.51. The molecule has 0 radical (unpaired) electrons. The summed E-state index contributed by atoms with van der Waals surface area (Å²) in [5.74, 6) is 0.576. The van der Waals surface area contributed by atoms with Crippen molar-refractivity contribution in [3.63, 3.8) is 0 Å². The van der Waals surface area contributed by atoms with Crippen LogP contribution in [0.15, 0.2) is 37.0 Å². The van der Waals surface area contributed by atoms with Gasteiger partial charge in [0.25, 0.3) is 0 Å². The van der Waals surface area contributed by atoms with Crippen molar-refractivity contribution in [3.8, 4) is 0 Å². The van der Waals surface area contributed by atoms with Crippen molar-refractivity contribution in [2.24, 2.45) is 5.92 Å². The molecule has 3 atom stereocenters. The highest BCUT2D eigenvalue weighted by Crippen LogP contribution is 2.34. The van der Waals surface area contributed by atoms with E-state index in [0.717, 1.165) is 12.8 Å². The molecular weight excluding hydrogens is 148 g/mol. The van der Waals surface area contributed by atoms with Gasteiger partial charge in [0.1, 0.15) is 6.10 Å². The normalized spacial score (nSPS) is 39.2. The van der Waals surface area contributed by atoms with E-state index in [1.165, 1.54) is 0 Å². The predicted octanol–water partition coefficient (Wildman–Crippen LogP) is 2.46. The topological polar surface area (TPSA) is 12.5 Å². The molecule has 2 rings (SSSR count). The van der Waals surface area contributed by atoms with E-state index in [2.05, 4.69) is 30.9 Å². The van der Waals surface area contributed by atoms with Crippen LogP contribution in [-0.2, 0) is 4.74 Å². The molecule has 0 saturated carbocycles. The summed E-state index contributed by atoms with van der Waals surface area (Å²) >= 11 is 0.